The van der Waals surface area contributed by atoms with Crippen LogP contribution < -0.4 is 11.1 Å². The first-order chi connectivity index (χ1) is 15.3. The van der Waals surface area contributed by atoms with E-state index in [9.17, 15) is 4.79 Å². The molecule has 0 radical (unpaired) electrons. The number of amides is 1. The van der Waals surface area contributed by atoms with Gasteiger partial charge in [0.05, 0.1) is 5.92 Å². The summed E-state index contributed by atoms with van der Waals surface area (Å²) in [4.78, 5) is 22.3. The lowest BCUT2D eigenvalue weighted by Crippen LogP contribution is -2.53. The number of rotatable bonds is 7. The van der Waals surface area contributed by atoms with E-state index in [2.05, 4.69) is 42.6 Å². The molecule has 1 aromatic rings. The number of hydrogen-bond donors (Lipinski definition) is 2. The number of aliphatic imine (C=N–C) groups is 1. The van der Waals surface area contributed by atoms with Crippen molar-refractivity contribution in [1.82, 2.24) is 15.1 Å². The van der Waals surface area contributed by atoms with Gasteiger partial charge in [-0.05, 0) is 36.5 Å². The minimum Gasteiger partial charge on any atom is -0.402 e. The van der Waals surface area contributed by atoms with Crippen molar-refractivity contribution < 1.29 is 4.79 Å². The molecule has 6 nitrogen and oxygen atoms in total. The van der Waals surface area contributed by atoms with Crippen LogP contribution >= 0.6 is 11.6 Å². The summed E-state index contributed by atoms with van der Waals surface area (Å²) < 4.78 is 0. The molecule has 1 aromatic carbocycles. The normalized spacial score (nSPS) is 20.8. The van der Waals surface area contributed by atoms with Gasteiger partial charge in [-0.15, -0.1) is 0 Å². The third-order valence-corrected chi connectivity index (χ3v) is 6.58. The van der Waals surface area contributed by atoms with Crippen LogP contribution in [0.1, 0.15) is 45.1 Å². The Morgan fingerprint density at radius 3 is 2.41 bits per heavy atom. The van der Waals surface area contributed by atoms with Gasteiger partial charge in [0.2, 0.25) is 5.91 Å². The second-order valence-electron chi connectivity index (χ2n) is 8.99. The van der Waals surface area contributed by atoms with Crippen LogP contribution in [-0.4, -0.2) is 60.3 Å². The maximum absolute atomic E-state index is 13.5. The smallest absolute Gasteiger partial charge is 0.231 e. The highest BCUT2D eigenvalue weighted by Crippen LogP contribution is 2.31. The molecule has 1 aliphatic heterocycles. The molecule has 3 rings (SSSR count). The zero-order valence-electron chi connectivity index (χ0n) is 19.5. The second-order valence-corrected chi connectivity index (χ2v) is 9.43. The maximum Gasteiger partial charge on any atom is 0.231 e. The predicted octanol–water partition coefficient (Wildman–Crippen LogP) is 3.75. The van der Waals surface area contributed by atoms with Crippen molar-refractivity contribution in [3.05, 3.63) is 58.9 Å². The number of halogens is 1. The molecule has 174 valence electrons. The third kappa shape index (κ3) is 5.73. The monoisotopic (exact) mass is 457 g/mol. The van der Waals surface area contributed by atoms with E-state index in [4.69, 9.17) is 17.3 Å². The Bertz CT molecular complexity index is 869. The highest BCUT2D eigenvalue weighted by Gasteiger charge is 2.32. The molecule has 3 N–H and O–H groups in total. The quantitative estimate of drug-likeness (QED) is 0.483. The molecule has 1 aliphatic carbocycles. The lowest BCUT2D eigenvalue weighted by molar-refractivity contribution is -0.134. The van der Waals surface area contributed by atoms with E-state index in [1.165, 1.54) is 0 Å². The first-order valence-corrected chi connectivity index (χ1v) is 11.9. The summed E-state index contributed by atoms with van der Waals surface area (Å²) in [5.74, 6) is 1.22. The molecule has 1 fully saturated rings. The Morgan fingerprint density at radius 2 is 1.88 bits per heavy atom. The van der Waals surface area contributed by atoms with Crippen LogP contribution in [0.15, 0.2) is 53.3 Å². The molecule has 0 bridgehead atoms. The Labute approximate surface area is 197 Å². The van der Waals surface area contributed by atoms with Crippen LogP contribution in [0.3, 0.4) is 0 Å². The van der Waals surface area contributed by atoms with E-state index in [0.717, 1.165) is 48.6 Å². The number of amidine groups is 1. The standard InChI is InChI=1S/C25H36ClN5O/c1-5-28-24(23-18(4)6-11-22(23)27)30-12-14-31(15-13-30)25(32)21(16-29-17(2)3)19-7-9-20(26)10-8-19/h5,7-10,17-18,21,29H,1,6,11-16,27H2,2-4H3/t18-,21+/m0/s1. The summed E-state index contributed by atoms with van der Waals surface area (Å²) in [6.07, 6.45) is 3.56. The summed E-state index contributed by atoms with van der Waals surface area (Å²) in [5.41, 5.74) is 9.37. The van der Waals surface area contributed by atoms with Gasteiger partial charge in [-0.1, -0.05) is 51.1 Å². The third-order valence-electron chi connectivity index (χ3n) is 6.33. The number of nitrogens with two attached hydrogens (primary N) is 1. The minimum atomic E-state index is -0.240. The summed E-state index contributed by atoms with van der Waals surface area (Å²) in [6.45, 7) is 13.5. The van der Waals surface area contributed by atoms with Crippen LogP contribution in [0.2, 0.25) is 5.02 Å². The summed E-state index contributed by atoms with van der Waals surface area (Å²) in [6, 6.07) is 7.91. The van der Waals surface area contributed by atoms with Crippen LogP contribution in [0.5, 0.6) is 0 Å². The molecule has 7 heteroatoms. The van der Waals surface area contributed by atoms with Crippen LogP contribution in [0.25, 0.3) is 0 Å². The van der Waals surface area contributed by atoms with E-state index in [-0.39, 0.29) is 11.8 Å². The lowest BCUT2D eigenvalue weighted by atomic mass is 9.96. The van der Waals surface area contributed by atoms with Crippen LogP contribution in [0.4, 0.5) is 0 Å². The Hall–Kier alpha value is -2.31. The number of nitrogens with zero attached hydrogens (tertiary/aromatic N) is 3. The molecule has 1 heterocycles. The Balaban J connectivity index is 1.72. The second kappa shape index (κ2) is 11.0. The molecule has 0 saturated carbocycles. The minimum absolute atomic E-state index is 0.148. The Morgan fingerprint density at radius 1 is 1.25 bits per heavy atom. The van der Waals surface area contributed by atoms with Crippen molar-refractivity contribution in [2.24, 2.45) is 16.6 Å². The van der Waals surface area contributed by atoms with E-state index >= 15 is 0 Å². The van der Waals surface area contributed by atoms with Gasteiger partial charge < -0.3 is 20.9 Å². The zero-order chi connectivity index (χ0) is 23.3. The van der Waals surface area contributed by atoms with Gasteiger partial charge >= 0.3 is 0 Å². The van der Waals surface area contributed by atoms with E-state index in [1.54, 1.807) is 6.20 Å². The fraction of sp³-hybridized carbons (Fsp3) is 0.520. The molecule has 0 unspecified atom stereocenters. The van der Waals surface area contributed by atoms with E-state index in [0.29, 0.717) is 36.6 Å². The number of carbonyl (C=O) groups excluding carboxylic acids is 1. The number of allylic oxidation sites excluding steroid dienone is 1. The van der Waals surface area contributed by atoms with Gasteiger partial charge in [0, 0.05) is 61.3 Å². The van der Waals surface area contributed by atoms with Gasteiger partial charge in [-0.25, -0.2) is 4.99 Å². The number of carbonyl (C=O) groups is 1. The van der Waals surface area contributed by atoms with Gasteiger partial charge in [0.15, 0.2) is 0 Å². The van der Waals surface area contributed by atoms with Crippen molar-refractivity contribution in [1.29, 1.82) is 0 Å². The number of nitrogens with one attached hydrogen (secondary N) is 1. The van der Waals surface area contributed by atoms with Gasteiger partial charge in [-0.2, -0.15) is 0 Å². The molecule has 0 spiro atoms. The molecule has 2 atom stereocenters. The van der Waals surface area contributed by atoms with E-state index < -0.39 is 0 Å². The lowest BCUT2D eigenvalue weighted by Gasteiger charge is -2.39. The molecule has 2 aliphatic rings. The van der Waals surface area contributed by atoms with Gasteiger partial charge in [0.1, 0.15) is 5.84 Å². The van der Waals surface area contributed by atoms with Gasteiger partial charge in [-0.3, -0.25) is 4.79 Å². The fourth-order valence-electron chi connectivity index (χ4n) is 4.49. The molecular formula is C25H36ClN5O. The number of piperazine rings is 1. The topological polar surface area (TPSA) is 74.0 Å². The number of benzene rings is 1. The summed E-state index contributed by atoms with van der Waals surface area (Å²) in [7, 11) is 0. The molecule has 32 heavy (non-hydrogen) atoms. The molecule has 1 saturated heterocycles. The van der Waals surface area contributed by atoms with Crippen molar-refractivity contribution in [2.45, 2.75) is 45.6 Å². The SMILES string of the molecule is C=CN=C(C1=C(N)CC[C@@H]1C)N1CCN(C(=O)[C@H](CNC(C)C)c2ccc(Cl)cc2)CC1. The van der Waals surface area contributed by atoms with Crippen molar-refractivity contribution >= 4 is 23.3 Å². The first kappa shape index (κ1) is 24.3. The maximum atomic E-state index is 13.5. The van der Waals surface area contributed by atoms with Crippen molar-refractivity contribution in [2.75, 3.05) is 32.7 Å². The molecular weight excluding hydrogens is 422 g/mol. The summed E-state index contributed by atoms with van der Waals surface area (Å²) in [5, 5.41) is 4.10. The zero-order valence-corrected chi connectivity index (χ0v) is 20.2. The summed E-state index contributed by atoms with van der Waals surface area (Å²) >= 11 is 6.07. The molecule has 0 aromatic heterocycles. The predicted molar refractivity (Wildman–Crippen MR) is 133 cm³/mol. The Kier molecular flexibility index (Phi) is 8.38. The first-order valence-electron chi connectivity index (χ1n) is 11.5. The van der Waals surface area contributed by atoms with Crippen LogP contribution in [0, 0.1) is 5.92 Å². The van der Waals surface area contributed by atoms with Gasteiger partial charge in [0.25, 0.3) is 0 Å². The molecule has 1 amide bonds. The fourth-order valence-corrected chi connectivity index (χ4v) is 4.62. The average molecular weight is 458 g/mol. The van der Waals surface area contributed by atoms with Crippen LogP contribution in [-0.2, 0) is 4.79 Å². The largest absolute Gasteiger partial charge is 0.402 e. The van der Waals surface area contributed by atoms with E-state index in [1.807, 2.05) is 29.2 Å². The number of hydrogen-bond acceptors (Lipinski definition) is 4. The van der Waals surface area contributed by atoms with Crippen molar-refractivity contribution in [3.63, 3.8) is 0 Å². The van der Waals surface area contributed by atoms with Crippen molar-refractivity contribution in [3.8, 4) is 0 Å². The average Bonchev–Trinajstić information content (AvgIpc) is 3.11. The highest BCUT2D eigenvalue weighted by molar-refractivity contribution is 6.30. The highest BCUT2D eigenvalue weighted by atomic mass is 35.5.